The molecule has 0 radical (unpaired) electrons. The predicted molar refractivity (Wildman–Crippen MR) is 52.6 cm³/mol. The fourth-order valence-electron chi connectivity index (χ4n) is 2.36. The van der Waals surface area contributed by atoms with Crippen molar-refractivity contribution in [1.29, 1.82) is 0 Å². The topological polar surface area (TPSA) is 0 Å². The van der Waals surface area contributed by atoms with Crippen LogP contribution in [-0.2, 0) is 0 Å². The van der Waals surface area contributed by atoms with Crippen LogP contribution in [0.4, 0.5) is 0 Å². The Balaban J connectivity index is 4.09. The molecule has 68 valence electrons. The van der Waals surface area contributed by atoms with Crippen LogP contribution in [0.1, 0.15) is 48.0 Å². The molecule has 0 aromatic carbocycles. The first-order valence-electron chi connectivity index (χ1n) is 5.00. The minimum absolute atomic E-state index is 0.838. The van der Waals surface area contributed by atoms with E-state index in [4.69, 9.17) is 0 Å². The lowest BCUT2D eigenvalue weighted by molar-refractivity contribution is 0.194. The van der Waals surface area contributed by atoms with Crippen LogP contribution in [0.2, 0.25) is 0 Å². The Hall–Kier alpha value is 0. The third-order valence-electron chi connectivity index (χ3n) is 2.84. The van der Waals surface area contributed by atoms with Gasteiger partial charge >= 0.3 is 0 Å². The molecule has 0 N–H and O–H groups in total. The van der Waals surface area contributed by atoms with Crippen LogP contribution in [0.15, 0.2) is 0 Å². The maximum Gasteiger partial charge on any atom is -0.0342 e. The van der Waals surface area contributed by atoms with Gasteiger partial charge in [-0.3, -0.25) is 0 Å². The molecule has 0 unspecified atom stereocenters. The van der Waals surface area contributed by atoms with E-state index in [-0.39, 0.29) is 0 Å². The van der Waals surface area contributed by atoms with E-state index >= 15 is 0 Å². The summed E-state index contributed by atoms with van der Waals surface area (Å²) >= 11 is 0. The Labute approximate surface area is 72.4 Å². The fraction of sp³-hybridized carbons (Fsp3) is 1.00. The van der Waals surface area contributed by atoms with E-state index in [1.54, 1.807) is 0 Å². The summed E-state index contributed by atoms with van der Waals surface area (Å²) in [5.74, 6) is 3.46. The predicted octanol–water partition coefficient (Wildman–Crippen LogP) is 3.96. The van der Waals surface area contributed by atoms with Crippen LogP contribution in [0.5, 0.6) is 0 Å². The highest BCUT2D eigenvalue weighted by atomic mass is 14.3. The summed E-state index contributed by atoms with van der Waals surface area (Å²) in [6, 6.07) is 0. The zero-order valence-corrected chi connectivity index (χ0v) is 9.02. The van der Waals surface area contributed by atoms with E-state index in [2.05, 4.69) is 41.5 Å². The monoisotopic (exact) mass is 156 g/mol. The molecular weight excluding hydrogens is 132 g/mol. The van der Waals surface area contributed by atoms with Crippen molar-refractivity contribution in [2.45, 2.75) is 48.0 Å². The van der Waals surface area contributed by atoms with Crippen molar-refractivity contribution >= 4 is 0 Å². The number of rotatable bonds is 4. The molecule has 0 rings (SSSR count). The van der Waals surface area contributed by atoms with Gasteiger partial charge in [-0.1, -0.05) is 48.0 Å². The maximum absolute atomic E-state index is 2.38. The van der Waals surface area contributed by atoms with Gasteiger partial charge in [0.1, 0.15) is 0 Å². The molecule has 11 heavy (non-hydrogen) atoms. The van der Waals surface area contributed by atoms with Crippen molar-refractivity contribution in [3.8, 4) is 0 Å². The highest BCUT2D eigenvalue weighted by Gasteiger charge is 2.22. The number of hydrogen-bond donors (Lipinski definition) is 0. The van der Waals surface area contributed by atoms with Crippen molar-refractivity contribution in [3.05, 3.63) is 0 Å². The molecular formula is C11H24. The lowest BCUT2D eigenvalue weighted by Gasteiger charge is -2.30. The Morgan fingerprint density at radius 1 is 0.818 bits per heavy atom. The summed E-state index contributed by atoms with van der Waals surface area (Å²) in [6.45, 7) is 14.0. The van der Waals surface area contributed by atoms with Crippen molar-refractivity contribution in [3.63, 3.8) is 0 Å². The van der Waals surface area contributed by atoms with Gasteiger partial charge in [0, 0.05) is 0 Å². The molecule has 1 atom stereocenters. The summed E-state index contributed by atoms with van der Waals surface area (Å²) in [5, 5.41) is 0. The van der Waals surface area contributed by atoms with Gasteiger partial charge in [0.15, 0.2) is 0 Å². The first-order valence-corrected chi connectivity index (χ1v) is 5.00. The van der Waals surface area contributed by atoms with Crippen molar-refractivity contribution in [2.24, 2.45) is 23.7 Å². The quantitative estimate of drug-likeness (QED) is 0.578. The first-order chi connectivity index (χ1) is 5.00. The van der Waals surface area contributed by atoms with E-state index < -0.39 is 0 Å². The Kier molecular flexibility index (Phi) is 4.79. The molecule has 0 saturated carbocycles. The van der Waals surface area contributed by atoms with Crippen LogP contribution in [0, 0.1) is 23.7 Å². The molecule has 0 aromatic heterocycles. The highest BCUT2D eigenvalue weighted by Crippen LogP contribution is 2.29. The summed E-state index contributed by atoms with van der Waals surface area (Å²) in [6.07, 6.45) is 1.32. The van der Waals surface area contributed by atoms with E-state index in [0.717, 1.165) is 23.7 Å². The zero-order valence-electron chi connectivity index (χ0n) is 9.02. The average Bonchev–Trinajstić information content (AvgIpc) is 1.85. The molecule has 0 saturated heterocycles. The molecule has 0 heteroatoms. The van der Waals surface area contributed by atoms with Crippen LogP contribution in [0.3, 0.4) is 0 Å². The van der Waals surface area contributed by atoms with E-state index in [0.29, 0.717) is 0 Å². The summed E-state index contributed by atoms with van der Waals surface area (Å²) in [7, 11) is 0. The van der Waals surface area contributed by atoms with E-state index in [1.165, 1.54) is 6.42 Å². The lowest BCUT2D eigenvalue weighted by Crippen LogP contribution is -2.22. The van der Waals surface area contributed by atoms with Crippen LogP contribution in [-0.4, -0.2) is 0 Å². The molecule has 0 aromatic rings. The van der Waals surface area contributed by atoms with Crippen molar-refractivity contribution < 1.29 is 0 Å². The maximum atomic E-state index is 2.38. The largest absolute Gasteiger partial charge is 0.0651 e. The second-order valence-electron chi connectivity index (χ2n) is 4.45. The third-order valence-corrected chi connectivity index (χ3v) is 2.84. The highest BCUT2D eigenvalue weighted by molar-refractivity contribution is 4.71. The third kappa shape index (κ3) is 3.27. The minimum Gasteiger partial charge on any atom is -0.0651 e. The summed E-state index contributed by atoms with van der Waals surface area (Å²) < 4.78 is 0. The zero-order chi connectivity index (χ0) is 9.02. The first kappa shape index (κ1) is 11.0. The minimum atomic E-state index is 0.838. The van der Waals surface area contributed by atoms with Gasteiger partial charge in [0.2, 0.25) is 0 Å². The van der Waals surface area contributed by atoms with Crippen molar-refractivity contribution in [1.82, 2.24) is 0 Å². The molecule has 0 heterocycles. The molecule has 0 spiro atoms. The Bertz CT molecular complexity index is 84.2. The van der Waals surface area contributed by atoms with Gasteiger partial charge in [-0.15, -0.1) is 0 Å². The van der Waals surface area contributed by atoms with Gasteiger partial charge in [0.05, 0.1) is 0 Å². The standard InChI is InChI=1S/C11H24/c1-7-10(6)11(8(2)3)9(4)5/h8-11H,7H2,1-6H3/t10-/m0/s1. The molecule has 0 aliphatic rings. The fourth-order valence-corrected chi connectivity index (χ4v) is 2.36. The molecule has 0 bridgehead atoms. The van der Waals surface area contributed by atoms with Crippen LogP contribution in [0.25, 0.3) is 0 Å². The van der Waals surface area contributed by atoms with Crippen LogP contribution >= 0.6 is 0 Å². The van der Waals surface area contributed by atoms with E-state index in [1.807, 2.05) is 0 Å². The summed E-state index contributed by atoms with van der Waals surface area (Å²) in [4.78, 5) is 0. The molecule has 0 fully saturated rings. The molecule has 0 aliphatic carbocycles. The smallest absolute Gasteiger partial charge is 0.0342 e. The second-order valence-corrected chi connectivity index (χ2v) is 4.45. The van der Waals surface area contributed by atoms with Gasteiger partial charge in [-0.2, -0.15) is 0 Å². The van der Waals surface area contributed by atoms with Crippen molar-refractivity contribution in [2.75, 3.05) is 0 Å². The van der Waals surface area contributed by atoms with Gasteiger partial charge in [-0.25, -0.2) is 0 Å². The van der Waals surface area contributed by atoms with Gasteiger partial charge < -0.3 is 0 Å². The van der Waals surface area contributed by atoms with E-state index in [9.17, 15) is 0 Å². The van der Waals surface area contributed by atoms with Crippen LogP contribution < -0.4 is 0 Å². The lowest BCUT2D eigenvalue weighted by atomic mass is 9.76. The molecule has 0 amide bonds. The second kappa shape index (κ2) is 4.79. The SMILES string of the molecule is CC[C@H](C)C(C(C)C)C(C)C. The average molecular weight is 156 g/mol. The normalized spacial score (nSPS) is 15.0. The summed E-state index contributed by atoms with van der Waals surface area (Å²) in [5.41, 5.74) is 0. The molecule has 0 aliphatic heterocycles. The Morgan fingerprint density at radius 2 is 1.18 bits per heavy atom. The number of hydrogen-bond acceptors (Lipinski definition) is 0. The van der Waals surface area contributed by atoms with Gasteiger partial charge in [0.25, 0.3) is 0 Å². The molecule has 0 nitrogen and oxygen atoms in total. The Morgan fingerprint density at radius 3 is 1.27 bits per heavy atom. The van der Waals surface area contributed by atoms with Gasteiger partial charge in [-0.05, 0) is 23.7 Å².